The summed E-state index contributed by atoms with van der Waals surface area (Å²) in [6.07, 6.45) is -8.04. The highest BCUT2D eigenvalue weighted by Gasteiger charge is 2.97. The zero-order valence-electron chi connectivity index (χ0n) is 16.2. The smallest absolute Gasteiger partial charge is 0.344 e. The zero-order chi connectivity index (χ0) is 30.9. The zero-order valence-corrected chi connectivity index (χ0v) is 17.6. The maximum atomic E-state index is 13.5. The van der Waals surface area contributed by atoms with E-state index in [-0.39, 0.29) is 0 Å². The molecule has 0 bridgehead atoms. The van der Waals surface area contributed by atoms with Gasteiger partial charge >= 0.3 is 53.6 Å². The number of hydrogen-bond donors (Lipinski definition) is 3. The van der Waals surface area contributed by atoms with Crippen LogP contribution in [-0.4, -0.2) is 89.9 Å². The van der Waals surface area contributed by atoms with Crippen LogP contribution < -0.4 is 0 Å². The molecule has 0 spiro atoms. The monoisotopic (exact) mass is 626 g/mol. The summed E-state index contributed by atoms with van der Waals surface area (Å²) < 4.78 is 275. The summed E-state index contributed by atoms with van der Waals surface area (Å²) in [5.41, 5.74) is -6.86. The van der Waals surface area contributed by atoms with E-state index in [1.165, 1.54) is 0 Å². The normalized spacial score (nSPS) is 17.2. The van der Waals surface area contributed by atoms with Gasteiger partial charge in [-0.15, -0.1) is 0 Å². The van der Waals surface area contributed by atoms with Crippen molar-refractivity contribution in [3.63, 3.8) is 0 Å². The van der Waals surface area contributed by atoms with E-state index in [2.05, 4.69) is 0 Å². The molecule has 0 aromatic rings. The summed E-state index contributed by atoms with van der Waals surface area (Å²) in [6.45, 7) is 0. The third kappa shape index (κ3) is 4.91. The molecule has 0 aliphatic rings. The molecule has 25 heteroatoms. The van der Waals surface area contributed by atoms with Gasteiger partial charge in [0.2, 0.25) is 0 Å². The molecule has 224 valence electrons. The molecule has 3 N–H and O–H groups in total. The lowest BCUT2D eigenvalue weighted by Gasteiger charge is -2.44. The molecule has 0 unspecified atom stereocenters. The van der Waals surface area contributed by atoms with E-state index >= 15 is 0 Å². The lowest BCUT2D eigenvalue weighted by Crippen LogP contribution is -2.77. The first-order valence-electron chi connectivity index (χ1n) is 8.10. The predicted molar refractivity (Wildman–Crippen MR) is 73.3 cm³/mol. The van der Waals surface area contributed by atoms with Crippen molar-refractivity contribution in [1.29, 1.82) is 0 Å². The van der Waals surface area contributed by atoms with Crippen LogP contribution in [0.15, 0.2) is 0 Å². The van der Waals surface area contributed by atoms with Gasteiger partial charge in [0.15, 0.2) is 0 Å². The van der Waals surface area contributed by atoms with Crippen molar-refractivity contribution in [2.45, 2.75) is 71.1 Å². The fourth-order valence-electron chi connectivity index (χ4n) is 2.07. The van der Waals surface area contributed by atoms with Crippen LogP contribution in [0.3, 0.4) is 0 Å². The number of rotatable bonds is 11. The molecule has 0 amide bonds. The van der Waals surface area contributed by atoms with Gasteiger partial charge in [0, 0.05) is 6.04 Å². The molecule has 0 aromatic heterocycles. The second kappa shape index (κ2) is 8.82. The number of aliphatic hydroxyl groups is 3. The third-order valence-electron chi connectivity index (χ3n) is 4.35. The van der Waals surface area contributed by atoms with Gasteiger partial charge in [-0.05, 0) is 0 Å². The Hall–Kier alpha value is -1.37. The molecule has 0 radical (unpaired) electrons. The van der Waals surface area contributed by atoms with Gasteiger partial charge in [-0.3, -0.25) is 0 Å². The molecule has 0 saturated carbocycles. The minimum absolute atomic E-state index is 2.49. The first kappa shape index (κ1) is 35.6. The van der Waals surface area contributed by atoms with E-state index in [0.717, 1.165) is 0 Å². The van der Waals surface area contributed by atoms with Crippen molar-refractivity contribution in [1.82, 2.24) is 0 Å². The Morgan fingerprint density at radius 3 is 0.784 bits per heavy atom. The van der Waals surface area contributed by atoms with Crippen LogP contribution >= 0.6 is 0 Å². The second-order valence-electron chi connectivity index (χ2n) is 7.07. The van der Waals surface area contributed by atoms with Gasteiger partial charge in [-0.25, -0.2) is 8.78 Å². The quantitative estimate of drug-likeness (QED) is 0.181. The highest BCUT2D eigenvalue weighted by molar-refractivity contribution is 6.39. The van der Waals surface area contributed by atoms with E-state index in [1.54, 1.807) is 0 Å². The average Bonchev–Trinajstić information content (AvgIpc) is 2.63. The standard InChI is InChI=1S/C12H7F21O3Si/c13-3(14,5(17,18)7(21,22)9(25,26)11(29,30)31)4(15,16)6(19,20)8(23,24)10(27,28)12(32,33)37-1-2(34,35)36/h34-36H,1,37H2. The van der Waals surface area contributed by atoms with E-state index in [1.807, 2.05) is 0 Å². The van der Waals surface area contributed by atoms with E-state index in [4.69, 9.17) is 15.3 Å². The molecule has 0 aliphatic heterocycles. The summed E-state index contributed by atoms with van der Waals surface area (Å²) in [6, 6.07) is -2.49. The molecule has 0 rings (SSSR count). The van der Waals surface area contributed by atoms with Gasteiger partial charge < -0.3 is 15.3 Å². The molecule has 0 aromatic carbocycles. The lowest BCUT2D eigenvalue weighted by molar-refractivity contribution is -0.472. The molecular weight excluding hydrogens is 619 g/mol. The Bertz CT molecular complexity index is 826. The fourth-order valence-corrected chi connectivity index (χ4v) is 3.26. The molecule has 0 heterocycles. The molecule has 0 atom stereocenters. The topological polar surface area (TPSA) is 60.7 Å². The van der Waals surface area contributed by atoms with Gasteiger partial charge in [0.25, 0.3) is 11.5 Å². The summed E-state index contributed by atoms with van der Waals surface area (Å²) in [4.78, 5) is 0. The fraction of sp³-hybridized carbons (Fsp3) is 1.00. The van der Waals surface area contributed by atoms with E-state index < -0.39 is 80.6 Å². The van der Waals surface area contributed by atoms with Gasteiger partial charge in [0.1, 0.15) is 9.52 Å². The molecule has 0 fully saturated rings. The van der Waals surface area contributed by atoms with Gasteiger partial charge in [-0.1, -0.05) is 0 Å². The predicted octanol–water partition coefficient (Wildman–Crippen LogP) is 4.44. The number of hydrogen-bond acceptors (Lipinski definition) is 3. The lowest BCUT2D eigenvalue weighted by atomic mass is 9.87. The minimum Gasteiger partial charge on any atom is -0.344 e. The molecule has 0 saturated heterocycles. The van der Waals surface area contributed by atoms with Crippen LogP contribution in [0.2, 0.25) is 6.04 Å². The molecular formula is C12H7F21O3Si. The Kier molecular flexibility index (Phi) is 8.49. The van der Waals surface area contributed by atoms with Crippen molar-refractivity contribution in [3.05, 3.63) is 0 Å². The highest BCUT2D eigenvalue weighted by Crippen LogP contribution is 2.66. The van der Waals surface area contributed by atoms with Gasteiger partial charge in [-0.2, -0.15) is 83.4 Å². The summed E-state index contributed by atoms with van der Waals surface area (Å²) >= 11 is 0. The van der Waals surface area contributed by atoms with E-state index in [0.29, 0.717) is 0 Å². The van der Waals surface area contributed by atoms with Crippen LogP contribution in [0.4, 0.5) is 92.2 Å². The SMILES string of the molecule is OC(O)(O)C[SiH2]C(F)(F)C(F)(F)C(F)(F)C(F)(F)C(F)(F)C(F)(F)C(F)(F)C(F)(F)C(F)(F)C(F)(F)F. The van der Waals surface area contributed by atoms with Crippen molar-refractivity contribution in [2.75, 3.05) is 0 Å². The van der Waals surface area contributed by atoms with Crippen LogP contribution in [0.5, 0.6) is 0 Å². The summed E-state index contributed by atoms with van der Waals surface area (Å²) in [5, 5.41) is 24.8. The second-order valence-corrected chi connectivity index (χ2v) is 8.96. The Balaban J connectivity index is 6.95. The average molecular weight is 626 g/mol. The maximum Gasteiger partial charge on any atom is 0.460 e. The molecule has 3 nitrogen and oxygen atoms in total. The largest absolute Gasteiger partial charge is 0.460 e. The minimum atomic E-state index is -9.25. The first-order chi connectivity index (χ1) is 15.5. The van der Waals surface area contributed by atoms with Crippen molar-refractivity contribution < 1.29 is 108 Å². The summed E-state index contributed by atoms with van der Waals surface area (Å²) in [5.74, 6) is -75.4. The molecule has 37 heavy (non-hydrogen) atoms. The van der Waals surface area contributed by atoms with Crippen LogP contribution in [-0.2, 0) is 0 Å². The van der Waals surface area contributed by atoms with Crippen LogP contribution in [0, 0.1) is 0 Å². The Morgan fingerprint density at radius 2 is 0.568 bits per heavy atom. The Labute approximate surface area is 189 Å². The van der Waals surface area contributed by atoms with Crippen LogP contribution in [0.1, 0.15) is 0 Å². The van der Waals surface area contributed by atoms with Crippen molar-refractivity contribution >= 4 is 9.52 Å². The van der Waals surface area contributed by atoms with E-state index in [9.17, 15) is 92.2 Å². The Morgan fingerprint density at radius 1 is 0.351 bits per heavy atom. The third-order valence-corrected chi connectivity index (χ3v) is 6.34. The summed E-state index contributed by atoms with van der Waals surface area (Å²) in [7, 11) is -4.84. The molecule has 0 aliphatic carbocycles. The highest BCUT2D eigenvalue weighted by atomic mass is 28.2. The van der Waals surface area contributed by atoms with Crippen molar-refractivity contribution in [3.8, 4) is 0 Å². The number of halogens is 21. The first-order valence-corrected chi connectivity index (χ1v) is 9.80. The van der Waals surface area contributed by atoms with Crippen LogP contribution in [0.25, 0.3) is 0 Å². The maximum absolute atomic E-state index is 13.5. The number of alkyl halides is 21. The van der Waals surface area contributed by atoms with Crippen molar-refractivity contribution in [2.24, 2.45) is 0 Å². The van der Waals surface area contributed by atoms with Gasteiger partial charge in [0.05, 0.1) is 0 Å².